The first-order chi connectivity index (χ1) is 11.0. The molecule has 3 aromatic rings. The van der Waals surface area contributed by atoms with Gasteiger partial charge in [0.25, 0.3) is 0 Å². The van der Waals surface area contributed by atoms with Crippen LogP contribution in [0.5, 0.6) is 0 Å². The molecule has 0 spiro atoms. The van der Waals surface area contributed by atoms with E-state index < -0.39 is 11.9 Å². The van der Waals surface area contributed by atoms with E-state index in [1.807, 2.05) is 0 Å². The van der Waals surface area contributed by atoms with Gasteiger partial charge in [-0.3, -0.25) is 4.79 Å². The van der Waals surface area contributed by atoms with Crippen molar-refractivity contribution in [3.8, 4) is 0 Å². The number of nitrogens with one attached hydrogen (secondary N) is 2. The zero-order chi connectivity index (χ0) is 16.4. The average molecular weight is 313 g/mol. The van der Waals surface area contributed by atoms with Crippen LogP contribution in [-0.2, 0) is 4.79 Å². The minimum absolute atomic E-state index is 0.161. The van der Waals surface area contributed by atoms with Gasteiger partial charge < -0.3 is 15.1 Å². The lowest BCUT2D eigenvalue weighted by Crippen LogP contribution is -2.32. The van der Waals surface area contributed by atoms with Crippen molar-refractivity contribution in [3.63, 3.8) is 0 Å². The number of carbonyl (C=O) groups excluding carboxylic acids is 1. The summed E-state index contributed by atoms with van der Waals surface area (Å²) in [5.74, 6) is -0.207. The molecule has 0 aliphatic heterocycles. The number of halogens is 1. The fraction of sp³-hybridized carbons (Fsp3) is 0.176. The Morgan fingerprint density at radius 1 is 1.26 bits per heavy atom. The van der Waals surface area contributed by atoms with Gasteiger partial charge >= 0.3 is 0 Å². The number of anilines is 2. The Morgan fingerprint density at radius 2 is 2.04 bits per heavy atom. The third-order valence-electron chi connectivity index (χ3n) is 3.40. The predicted molar refractivity (Wildman–Crippen MR) is 86.9 cm³/mol. The van der Waals surface area contributed by atoms with Gasteiger partial charge in [-0.25, -0.2) is 9.37 Å². The number of fused-ring (bicyclic) bond motifs is 1. The van der Waals surface area contributed by atoms with E-state index in [0.717, 1.165) is 5.69 Å². The summed E-state index contributed by atoms with van der Waals surface area (Å²) in [5, 5.41) is 5.63. The van der Waals surface area contributed by atoms with Gasteiger partial charge in [0.2, 0.25) is 5.91 Å². The van der Waals surface area contributed by atoms with Crippen molar-refractivity contribution in [2.75, 3.05) is 10.6 Å². The Hall–Kier alpha value is -2.89. The van der Waals surface area contributed by atoms with Gasteiger partial charge in [-0.15, -0.1) is 0 Å². The number of aromatic nitrogens is 1. The molecule has 118 valence electrons. The van der Waals surface area contributed by atoms with Crippen LogP contribution in [0, 0.1) is 12.7 Å². The summed E-state index contributed by atoms with van der Waals surface area (Å²) in [6, 6.07) is 10.9. The summed E-state index contributed by atoms with van der Waals surface area (Å²) in [6.07, 6.45) is 0. The zero-order valence-corrected chi connectivity index (χ0v) is 12.8. The molecule has 0 aliphatic rings. The van der Waals surface area contributed by atoms with Gasteiger partial charge in [0.05, 0.1) is 5.69 Å². The van der Waals surface area contributed by atoms with Crippen LogP contribution in [0.1, 0.15) is 12.8 Å². The predicted octanol–water partition coefficient (Wildman–Crippen LogP) is 3.71. The molecule has 1 atom stereocenters. The Morgan fingerprint density at radius 3 is 2.83 bits per heavy atom. The maximum absolute atomic E-state index is 13.6. The second-order valence-electron chi connectivity index (χ2n) is 5.25. The molecule has 0 saturated heterocycles. The number of benzene rings is 2. The lowest BCUT2D eigenvalue weighted by atomic mass is 10.2. The van der Waals surface area contributed by atoms with Crippen LogP contribution in [0.15, 0.2) is 46.9 Å². The van der Waals surface area contributed by atoms with Crippen molar-refractivity contribution >= 4 is 28.4 Å². The van der Waals surface area contributed by atoms with Crippen LogP contribution < -0.4 is 10.6 Å². The second-order valence-corrected chi connectivity index (χ2v) is 5.25. The highest BCUT2D eigenvalue weighted by Crippen LogP contribution is 2.20. The summed E-state index contributed by atoms with van der Waals surface area (Å²) in [5.41, 5.74) is 2.31. The Kier molecular flexibility index (Phi) is 3.97. The average Bonchev–Trinajstić information content (AvgIpc) is 2.88. The number of oxazole rings is 1. The molecule has 0 bridgehead atoms. The molecule has 2 N–H and O–H groups in total. The molecule has 0 fully saturated rings. The van der Waals surface area contributed by atoms with Crippen LogP contribution in [0.4, 0.5) is 15.8 Å². The number of carbonyl (C=O) groups is 1. The highest BCUT2D eigenvalue weighted by Gasteiger charge is 2.15. The van der Waals surface area contributed by atoms with Crippen molar-refractivity contribution in [2.24, 2.45) is 0 Å². The molecule has 2 aromatic carbocycles. The minimum Gasteiger partial charge on any atom is -0.441 e. The van der Waals surface area contributed by atoms with E-state index in [4.69, 9.17) is 4.42 Å². The summed E-state index contributed by atoms with van der Waals surface area (Å²) in [7, 11) is 0. The van der Waals surface area contributed by atoms with Gasteiger partial charge in [0, 0.05) is 12.6 Å². The normalized spacial score (nSPS) is 12.1. The third kappa shape index (κ3) is 3.31. The Labute approximate surface area is 132 Å². The number of rotatable bonds is 4. The first-order valence-corrected chi connectivity index (χ1v) is 7.22. The molecule has 1 aromatic heterocycles. The fourth-order valence-corrected chi connectivity index (χ4v) is 2.25. The molecule has 0 saturated carbocycles. The van der Waals surface area contributed by atoms with Crippen LogP contribution in [-0.4, -0.2) is 16.9 Å². The van der Waals surface area contributed by atoms with E-state index in [1.165, 1.54) is 12.1 Å². The molecule has 3 rings (SSSR count). The van der Waals surface area contributed by atoms with Crippen molar-refractivity contribution in [1.82, 2.24) is 4.98 Å². The van der Waals surface area contributed by atoms with E-state index in [1.54, 1.807) is 44.2 Å². The van der Waals surface area contributed by atoms with Gasteiger partial charge in [0.15, 0.2) is 11.5 Å². The van der Waals surface area contributed by atoms with Crippen molar-refractivity contribution < 1.29 is 13.6 Å². The molecule has 0 radical (unpaired) electrons. The second kappa shape index (κ2) is 6.08. The topological polar surface area (TPSA) is 67.2 Å². The van der Waals surface area contributed by atoms with Crippen LogP contribution in [0.3, 0.4) is 0 Å². The number of nitrogens with zero attached hydrogens (tertiary/aromatic N) is 1. The van der Waals surface area contributed by atoms with Crippen molar-refractivity contribution in [2.45, 2.75) is 19.9 Å². The van der Waals surface area contributed by atoms with Gasteiger partial charge in [-0.1, -0.05) is 12.1 Å². The van der Waals surface area contributed by atoms with Gasteiger partial charge in [-0.2, -0.15) is 0 Å². The molecule has 1 heterocycles. The van der Waals surface area contributed by atoms with Crippen molar-refractivity contribution in [3.05, 3.63) is 54.2 Å². The first kappa shape index (κ1) is 15.0. The van der Waals surface area contributed by atoms with Crippen molar-refractivity contribution in [1.29, 1.82) is 0 Å². The summed E-state index contributed by atoms with van der Waals surface area (Å²) in [4.78, 5) is 16.4. The number of para-hydroxylation sites is 1. The molecular weight excluding hydrogens is 297 g/mol. The molecular formula is C17H16FN3O2. The van der Waals surface area contributed by atoms with Crippen LogP contribution >= 0.6 is 0 Å². The Balaban J connectivity index is 1.70. The summed E-state index contributed by atoms with van der Waals surface area (Å²) >= 11 is 0. The molecule has 1 unspecified atom stereocenters. The Bertz CT molecular complexity index is 860. The quantitative estimate of drug-likeness (QED) is 0.770. The lowest BCUT2D eigenvalue weighted by molar-refractivity contribution is -0.116. The summed E-state index contributed by atoms with van der Waals surface area (Å²) < 4.78 is 19.0. The van der Waals surface area contributed by atoms with Gasteiger partial charge in [0.1, 0.15) is 17.4 Å². The lowest BCUT2D eigenvalue weighted by Gasteiger charge is -2.15. The number of amides is 1. The molecule has 5 nitrogen and oxygen atoms in total. The fourth-order valence-electron chi connectivity index (χ4n) is 2.25. The highest BCUT2D eigenvalue weighted by molar-refractivity contribution is 5.96. The number of hydrogen-bond acceptors (Lipinski definition) is 4. The SMILES string of the molecule is Cc1nc2cc(NC(C)C(=O)Nc3ccccc3F)ccc2o1. The van der Waals surface area contributed by atoms with Gasteiger partial charge in [-0.05, 0) is 37.3 Å². The zero-order valence-electron chi connectivity index (χ0n) is 12.8. The van der Waals surface area contributed by atoms with E-state index in [-0.39, 0.29) is 11.6 Å². The maximum atomic E-state index is 13.6. The van der Waals surface area contributed by atoms with Crippen LogP contribution in [0.25, 0.3) is 11.1 Å². The largest absolute Gasteiger partial charge is 0.441 e. The van der Waals surface area contributed by atoms with E-state index >= 15 is 0 Å². The van der Waals surface area contributed by atoms with E-state index in [9.17, 15) is 9.18 Å². The smallest absolute Gasteiger partial charge is 0.246 e. The minimum atomic E-state index is -0.542. The molecule has 23 heavy (non-hydrogen) atoms. The molecule has 0 aliphatic carbocycles. The number of aryl methyl sites for hydroxylation is 1. The third-order valence-corrected chi connectivity index (χ3v) is 3.40. The first-order valence-electron chi connectivity index (χ1n) is 7.22. The number of hydrogen-bond donors (Lipinski definition) is 2. The molecule has 6 heteroatoms. The highest BCUT2D eigenvalue weighted by atomic mass is 19.1. The van der Waals surface area contributed by atoms with E-state index in [2.05, 4.69) is 15.6 Å². The maximum Gasteiger partial charge on any atom is 0.246 e. The summed E-state index contributed by atoms with van der Waals surface area (Å²) in [6.45, 7) is 3.48. The molecule has 1 amide bonds. The monoisotopic (exact) mass is 313 g/mol. The van der Waals surface area contributed by atoms with Crippen LogP contribution in [0.2, 0.25) is 0 Å². The standard InChI is InChI=1S/C17H16FN3O2/c1-10(17(22)21-14-6-4-3-5-13(14)18)19-12-7-8-16-15(9-12)20-11(2)23-16/h3-10,19H,1-2H3,(H,21,22). The van der Waals surface area contributed by atoms with E-state index in [0.29, 0.717) is 17.0 Å².